The first-order valence-corrected chi connectivity index (χ1v) is 5.61. The van der Waals surface area contributed by atoms with Gasteiger partial charge in [0.25, 0.3) is 5.91 Å². The predicted octanol–water partition coefficient (Wildman–Crippen LogP) is 0.877. The van der Waals surface area contributed by atoms with Gasteiger partial charge in [0, 0.05) is 13.2 Å². The highest BCUT2D eigenvalue weighted by Gasteiger charge is 2.30. The van der Waals surface area contributed by atoms with Gasteiger partial charge in [0.1, 0.15) is 12.6 Å². The lowest BCUT2D eigenvalue weighted by atomic mass is 10.2. The molecule has 92 valence electrons. The van der Waals surface area contributed by atoms with Crippen molar-refractivity contribution in [1.82, 2.24) is 4.90 Å². The van der Waals surface area contributed by atoms with Crippen LogP contribution in [0.5, 0.6) is 0 Å². The van der Waals surface area contributed by atoms with Crippen molar-refractivity contribution in [3.63, 3.8) is 0 Å². The normalized spacial score (nSPS) is 18.4. The summed E-state index contributed by atoms with van der Waals surface area (Å²) in [6.45, 7) is 1.42. The number of amides is 1. The Morgan fingerprint density at radius 1 is 1.44 bits per heavy atom. The minimum absolute atomic E-state index is 0.0706. The summed E-state index contributed by atoms with van der Waals surface area (Å²) in [4.78, 5) is 24.1. The van der Waals surface area contributed by atoms with Crippen LogP contribution in [0.1, 0.15) is 32.6 Å². The summed E-state index contributed by atoms with van der Waals surface area (Å²) < 4.78 is 4.95. The molecule has 1 amide bonds. The van der Waals surface area contributed by atoms with Crippen LogP contribution >= 0.6 is 0 Å². The highest BCUT2D eigenvalue weighted by Crippen LogP contribution is 2.24. The lowest BCUT2D eigenvalue weighted by molar-refractivity contribution is -0.151. The second-order valence-corrected chi connectivity index (χ2v) is 4.18. The highest BCUT2D eigenvalue weighted by molar-refractivity contribution is 5.84. The molecule has 1 unspecified atom stereocenters. The molecule has 0 aromatic rings. The van der Waals surface area contributed by atoms with Crippen LogP contribution in [0.2, 0.25) is 0 Å². The second-order valence-electron chi connectivity index (χ2n) is 4.18. The third kappa shape index (κ3) is 3.20. The monoisotopic (exact) mass is 229 g/mol. The standard InChI is InChI=1S/C11H19NO4/c1-8(16-2)11(15)12(7-10(13)14)9-5-3-4-6-9/h8-9H,3-7H2,1-2H3,(H,13,14). The van der Waals surface area contributed by atoms with Crippen molar-refractivity contribution >= 4 is 11.9 Å². The molecule has 0 aromatic carbocycles. The molecule has 0 aliphatic heterocycles. The average molecular weight is 229 g/mol. The van der Waals surface area contributed by atoms with Gasteiger partial charge in [-0.2, -0.15) is 0 Å². The third-order valence-electron chi connectivity index (χ3n) is 3.06. The fourth-order valence-electron chi connectivity index (χ4n) is 2.08. The number of aliphatic carboxylic acids is 1. The zero-order chi connectivity index (χ0) is 12.1. The van der Waals surface area contributed by atoms with Crippen molar-refractivity contribution in [2.45, 2.75) is 44.8 Å². The molecule has 0 aromatic heterocycles. The van der Waals surface area contributed by atoms with Crippen LogP contribution in [0, 0.1) is 0 Å². The van der Waals surface area contributed by atoms with Gasteiger partial charge >= 0.3 is 5.97 Å². The fraction of sp³-hybridized carbons (Fsp3) is 0.818. The molecule has 5 heteroatoms. The molecular weight excluding hydrogens is 210 g/mol. The van der Waals surface area contributed by atoms with E-state index in [0.717, 1.165) is 25.7 Å². The van der Waals surface area contributed by atoms with Crippen molar-refractivity contribution in [2.24, 2.45) is 0 Å². The number of rotatable bonds is 5. The van der Waals surface area contributed by atoms with Crippen LogP contribution < -0.4 is 0 Å². The van der Waals surface area contributed by atoms with Crippen molar-refractivity contribution in [2.75, 3.05) is 13.7 Å². The topological polar surface area (TPSA) is 66.8 Å². The lowest BCUT2D eigenvalue weighted by Gasteiger charge is -2.29. The Morgan fingerprint density at radius 2 is 2.00 bits per heavy atom. The minimum atomic E-state index is -0.969. The van der Waals surface area contributed by atoms with E-state index in [4.69, 9.17) is 9.84 Å². The smallest absolute Gasteiger partial charge is 0.323 e. The molecule has 0 heterocycles. The SMILES string of the molecule is COC(C)C(=O)N(CC(=O)O)C1CCCC1. The van der Waals surface area contributed by atoms with Gasteiger partial charge in [-0.25, -0.2) is 0 Å². The van der Waals surface area contributed by atoms with Crippen LogP contribution in [0.3, 0.4) is 0 Å². The molecule has 1 fully saturated rings. The first-order chi connectivity index (χ1) is 7.56. The van der Waals surface area contributed by atoms with E-state index in [9.17, 15) is 9.59 Å². The van der Waals surface area contributed by atoms with Crippen LogP contribution in [0.4, 0.5) is 0 Å². The summed E-state index contributed by atoms with van der Waals surface area (Å²) in [6, 6.07) is 0.0706. The molecule has 0 bridgehead atoms. The Labute approximate surface area is 95.4 Å². The Balaban J connectivity index is 2.69. The second kappa shape index (κ2) is 5.84. The molecule has 0 radical (unpaired) electrons. The quantitative estimate of drug-likeness (QED) is 0.759. The molecule has 1 atom stereocenters. The van der Waals surface area contributed by atoms with E-state index >= 15 is 0 Å². The lowest BCUT2D eigenvalue weighted by Crippen LogP contribution is -2.46. The zero-order valence-corrected chi connectivity index (χ0v) is 9.81. The first kappa shape index (κ1) is 13.0. The molecule has 1 N–H and O–H groups in total. The Hall–Kier alpha value is -1.10. The van der Waals surface area contributed by atoms with Gasteiger partial charge in [0.05, 0.1) is 0 Å². The predicted molar refractivity (Wildman–Crippen MR) is 58.1 cm³/mol. The maximum absolute atomic E-state index is 11.9. The van der Waals surface area contributed by atoms with Crippen LogP contribution in [-0.2, 0) is 14.3 Å². The summed E-state index contributed by atoms with van der Waals surface area (Å²) in [6.07, 6.45) is 3.36. The Morgan fingerprint density at radius 3 is 2.44 bits per heavy atom. The summed E-state index contributed by atoms with van der Waals surface area (Å²) in [5, 5.41) is 8.81. The molecule has 1 aliphatic carbocycles. The number of carbonyl (C=O) groups excluding carboxylic acids is 1. The Kier molecular flexibility index (Phi) is 4.73. The van der Waals surface area contributed by atoms with Gasteiger partial charge < -0.3 is 14.7 Å². The molecule has 1 aliphatic rings. The number of nitrogens with zero attached hydrogens (tertiary/aromatic N) is 1. The van der Waals surface area contributed by atoms with E-state index in [1.165, 1.54) is 12.0 Å². The van der Waals surface area contributed by atoms with Gasteiger partial charge in [-0.05, 0) is 19.8 Å². The van der Waals surface area contributed by atoms with Crippen LogP contribution in [-0.4, -0.2) is 47.7 Å². The molecule has 0 saturated heterocycles. The number of carboxylic acids is 1. The maximum Gasteiger partial charge on any atom is 0.323 e. The van der Waals surface area contributed by atoms with E-state index in [1.54, 1.807) is 6.92 Å². The number of methoxy groups -OCH3 is 1. The van der Waals surface area contributed by atoms with Crippen LogP contribution in [0.15, 0.2) is 0 Å². The molecular formula is C11H19NO4. The van der Waals surface area contributed by atoms with Crippen molar-refractivity contribution in [1.29, 1.82) is 0 Å². The Bertz CT molecular complexity index is 261. The van der Waals surface area contributed by atoms with E-state index in [2.05, 4.69) is 0 Å². The summed E-state index contributed by atoms with van der Waals surface area (Å²) in [5.74, 6) is -1.19. The molecule has 0 spiro atoms. The van der Waals surface area contributed by atoms with Crippen LogP contribution in [0.25, 0.3) is 0 Å². The zero-order valence-electron chi connectivity index (χ0n) is 9.81. The summed E-state index contributed by atoms with van der Waals surface area (Å²) >= 11 is 0. The number of carbonyl (C=O) groups is 2. The summed E-state index contributed by atoms with van der Waals surface area (Å²) in [7, 11) is 1.45. The van der Waals surface area contributed by atoms with E-state index < -0.39 is 12.1 Å². The van der Waals surface area contributed by atoms with Gasteiger partial charge in [-0.1, -0.05) is 12.8 Å². The first-order valence-electron chi connectivity index (χ1n) is 5.61. The average Bonchev–Trinajstić information content (AvgIpc) is 2.76. The van der Waals surface area contributed by atoms with E-state index in [-0.39, 0.29) is 18.5 Å². The molecule has 1 saturated carbocycles. The van der Waals surface area contributed by atoms with Crippen molar-refractivity contribution < 1.29 is 19.4 Å². The van der Waals surface area contributed by atoms with E-state index in [1.807, 2.05) is 0 Å². The fourth-order valence-corrected chi connectivity index (χ4v) is 2.08. The highest BCUT2D eigenvalue weighted by atomic mass is 16.5. The number of hydrogen-bond acceptors (Lipinski definition) is 3. The molecule has 5 nitrogen and oxygen atoms in total. The minimum Gasteiger partial charge on any atom is -0.480 e. The number of hydrogen-bond donors (Lipinski definition) is 1. The number of ether oxygens (including phenoxy) is 1. The van der Waals surface area contributed by atoms with Gasteiger partial charge in [-0.3, -0.25) is 9.59 Å². The molecule has 1 rings (SSSR count). The van der Waals surface area contributed by atoms with E-state index in [0.29, 0.717) is 0 Å². The van der Waals surface area contributed by atoms with Crippen molar-refractivity contribution in [3.05, 3.63) is 0 Å². The van der Waals surface area contributed by atoms with Gasteiger partial charge in [0.2, 0.25) is 0 Å². The maximum atomic E-state index is 11.9. The largest absolute Gasteiger partial charge is 0.480 e. The molecule has 16 heavy (non-hydrogen) atoms. The summed E-state index contributed by atoms with van der Waals surface area (Å²) in [5.41, 5.74) is 0. The van der Waals surface area contributed by atoms with Crippen molar-refractivity contribution in [3.8, 4) is 0 Å². The third-order valence-corrected chi connectivity index (χ3v) is 3.06. The van der Waals surface area contributed by atoms with Gasteiger partial charge in [0.15, 0.2) is 0 Å². The van der Waals surface area contributed by atoms with Gasteiger partial charge in [-0.15, -0.1) is 0 Å². The number of carboxylic acid groups (broad SMARTS) is 1.